The van der Waals surface area contributed by atoms with Crippen LogP contribution < -0.4 is 0 Å². The lowest BCUT2D eigenvalue weighted by Gasteiger charge is -2.15. The lowest BCUT2D eigenvalue weighted by Crippen LogP contribution is -2.28. The number of esters is 2. The summed E-state index contributed by atoms with van der Waals surface area (Å²) >= 11 is 0. The van der Waals surface area contributed by atoms with Gasteiger partial charge < -0.3 is 14.6 Å². The van der Waals surface area contributed by atoms with Gasteiger partial charge in [-0.1, -0.05) is 157 Å². The van der Waals surface area contributed by atoms with Crippen LogP contribution in [0, 0.1) is 0 Å². The van der Waals surface area contributed by atoms with E-state index in [1.807, 2.05) is 0 Å². The number of aliphatic hydroxyl groups is 1. The molecule has 0 aliphatic carbocycles. The van der Waals surface area contributed by atoms with Crippen LogP contribution in [0.25, 0.3) is 0 Å². The fourth-order valence-corrected chi connectivity index (χ4v) is 5.40. The van der Waals surface area contributed by atoms with Gasteiger partial charge in [0.05, 0.1) is 6.61 Å². The number of ether oxygens (including phenoxy) is 2. The number of carbonyl (C=O) groups excluding carboxylic acids is 2. The van der Waals surface area contributed by atoms with Crippen molar-refractivity contribution >= 4 is 11.9 Å². The summed E-state index contributed by atoms with van der Waals surface area (Å²) in [4.78, 5) is 24.3. The van der Waals surface area contributed by atoms with Gasteiger partial charge in [0.2, 0.25) is 0 Å². The number of allylic oxidation sites excluding steroid dienone is 12. The molecule has 0 aliphatic rings. The van der Waals surface area contributed by atoms with E-state index in [4.69, 9.17) is 9.47 Å². The maximum atomic E-state index is 12.2. The van der Waals surface area contributed by atoms with Crippen LogP contribution in [-0.2, 0) is 19.1 Å². The molecule has 1 atom stereocenters. The molecule has 0 saturated heterocycles. The van der Waals surface area contributed by atoms with Crippen LogP contribution in [0.3, 0.4) is 0 Å². The Labute approximate surface area is 308 Å². The SMILES string of the molecule is CCC=CCC=CCC=CCC=CCC=CCCCCCC(=O)O[C@@H](CO)COC(=O)CCCCCCCCCC=CCCCCCCCC. The maximum Gasteiger partial charge on any atom is 0.306 e. The highest BCUT2D eigenvalue weighted by atomic mass is 16.6. The average molecular weight is 697 g/mol. The molecule has 0 aliphatic heterocycles. The van der Waals surface area contributed by atoms with Crippen molar-refractivity contribution in [1.82, 2.24) is 0 Å². The molecule has 0 aromatic rings. The number of aliphatic hydroxyl groups excluding tert-OH is 1. The molecular weight excluding hydrogens is 620 g/mol. The summed E-state index contributed by atoms with van der Waals surface area (Å²) in [6.07, 6.45) is 53.9. The molecule has 286 valence electrons. The van der Waals surface area contributed by atoms with Crippen molar-refractivity contribution in [2.24, 2.45) is 0 Å². The van der Waals surface area contributed by atoms with Gasteiger partial charge in [-0.05, 0) is 83.5 Å². The van der Waals surface area contributed by atoms with Crippen molar-refractivity contribution in [3.63, 3.8) is 0 Å². The summed E-state index contributed by atoms with van der Waals surface area (Å²) < 4.78 is 10.6. The monoisotopic (exact) mass is 697 g/mol. The van der Waals surface area contributed by atoms with Crippen molar-refractivity contribution < 1.29 is 24.2 Å². The minimum absolute atomic E-state index is 0.0848. The van der Waals surface area contributed by atoms with E-state index in [2.05, 4.69) is 86.8 Å². The lowest BCUT2D eigenvalue weighted by molar-refractivity contribution is -0.161. The van der Waals surface area contributed by atoms with Gasteiger partial charge in [-0.25, -0.2) is 0 Å². The van der Waals surface area contributed by atoms with E-state index in [0.717, 1.165) is 77.0 Å². The van der Waals surface area contributed by atoms with E-state index in [0.29, 0.717) is 12.8 Å². The first kappa shape index (κ1) is 47.3. The van der Waals surface area contributed by atoms with Gasteiger partial charge in [0, 0.05) is 12.8 Å². The van der Waals surface area contributed by atoms with Crippen molar-refractivity contribution in [2.45, 2.75) is 187 Å². The smallest absolute Gasteiger partial charge is 0.306 e. The normalized spacial score (nSPS) is 12.9. The van der Waals surface area contributed by atoms with Crippen LogP contribution in [-0.4, -0.2) is 36.4 Å². The van der Waals surface area contributed by atoms with Crippen LogP contribution in [0.15, 0.2) is 72.9 Å². The summed E-state index contributed by atoms with van der Waals surface area (Å²) in [6, 6.07) is 0. The average Bonchev–Trinajstić information content (AvgIpc) is 3.12. The molecule has 0 heterocycles. The quantitative estimate of drug-likeness (QED) is 0.0401. The molecule has 0 aromatic heterocycles. The third kappa shape index (κ3) is 38.1. The van der Waals surface area contributed by atoms with E-state index >= 15 is 0 Å². The van der Waals surface area contributed by atoms with E-state index in [-0.39, 0.29) is 25.2 Å². The Kier molecular flexibility index (Phi) is 38.6. The molecule has 0 radical (unpaired) electrons. The summed E-state index contributed by atoms with van der Waals surface area (Å²) in [5.41, 5.74) is 0. The second-order valence-electron chi connectivity index (χ2n) is 13.3. The van der Waals surface area contributed by atoms with Gasteiger partial charge in [0.1, 0.15) is 6.61 Å². The summed E-state index contributed by atoms with van der Waals surface area (Å²) in [5.74, 6) is -0.638. The first-order chi connectivity index (χ1) is 24.6. The second-order valence-corrected chi connectivity index (χ2v) is 13.3. The van der Waals surface area contributed by atoms with Crippen molar-refractivity contribution in [1.29, 1.82) is 0 Å². The molecule has 0 aromatic carbocycles. The Balaban J connectivity index is 3.65. The standard InChI is InChI=1S/C45H76O5/c1-3-5-7-9-11-13-15-17-19-21-22-24-26-28-30-32-34-36-38-40-45(48)50-43(41-46)42-49-44(47)39-37-35-33-31-29-27-25-23-20-18-16-14-12-10-8-6-4-2/h5,7,11,13,17-20,22,24,28,30,43,46H,3-4,6,8-10,12,14-16,21,23,25-27,29,31-42H2,1-2H3/t43-/m0/s1. The maximum absolute atomic E-state index is 12.2. The molecule has 0 unspecified atom stereocenters. The third-order valence-electron chi connectivity index (χ3n) is 8.48. The molecule has 5 heteroatoms. The fraction of sp³-hybridized carbons (Fsp3) is 0.689. The Morgan fingerprint density at radius 3 is 1.34 bits per heavy atom. The largest absolute Gasteiger partial charge is 0.462 e. The van der Waals surface area contributed by atoms with Crippen LogP contribution >= 0.6 is 0 Å². The zero-order chi connectivity index (χ0) is 36.4. The van der Waals surface area contributed by atoms with E-state index in [9.17, 15) is 14.7 Å². The minimum atomic E-state index is -0.793. The van der Waals surface area contributed by atoms with Crippen molar-refractivity contribution in [3.8, 4) is 0 Å². The first-order valence-corrected chi connectivity index (χ1v) is 20.5. The molecule has 0 spiro atoms. The molecule has 1 N–H and O–H groups in total. The highest BCUT2D eigenvalue weighted by Crippen LogP contribution is 2.12. The first-order valence-electron chi connectivity index (χ1n) is 20.5. The van der Waals surface area contributed by atoms with Crippen LogP contribution in [0.5, 0.6) is 0 Å². The Bertz CT molecular complexity index is 926. The van der Waals surface area contributed by atoms with Gasteiger partial charge in [0.15, 0.2) is 6.10 Å². The highest BCUT2D eigenvalue weighted by Gasteiger charge is 2.16. The van der Waals surface area contributed by atoms with E-state index in [1.54, 1.807) is 0 Å². The zero-order valence-electron chi connectivity index (χ0n) is 32.4. The number of unbranched alkanes of at least 4 members (excludes halogenated alkanes) is 16. The number of carbonyl (C=O) groups is 2. The fourth-order valence-electron chi connectivity index (χ4n) is 5.40. The van der Waals surface area contributed by atoms with Gasteiger partial charge in [-0.2, -0.15) is 0 Å². The third-order valence-corrected chi connectivity index (χ3v) is 8.48. The second kappa shape index (κ2) is 40.8. The number of hydrogen-bond donors (Lipinski definition) is 1. The zero-order valence-corrected chi connectivity index (χ0v) is 32.4. The Hall–Kier alpha value is -2.66. The number of rotatable bonds is 36. The topological polar surface area (TPSA) is 72.8 Å². The molecule has 0 saturated carbocycles. The predicted molar refractivity (Wildman–Crippen MR) is 214 cm³/mol. The van der Waals surface area contributed by atoms with E-state index in [1.165, 1.54) is 77.0 Å². The molecule has 50 heavy (non-hydrogen) atoms. The molecular formula is C45H76O5. The molecule has 0 amide bonds. The predicted octanol–water partition coefficient (Wildman–Crippen LogP) is 13.0. The molecule has 5 nitrogen and oxygen atoms in total. The summed E-state index contributed by atoms with van der Waals surface area (Å²) in [6.45, 7) is 3.98. The summed E-state index contributed by atoms with van der Waals surface area (Å²) in [7, 11) is 0. The molecule has 0 bridgehead atoms. The summed E-state index contributed by atoms with van der Waals surface area (Å²) in [5, 5.41) is 9.56. The van der Waals surface area contributed by atoms with Crippen molar-refractivity contribution in [2.75, 3.05) is 13.2 Å². The lowest BCUT2D eigenvalue weighted by atomic mass is 10.1. The Morgan fingerprint density at radius 1 is 0.480 bits per heavy atom. The molecule has 0 rings (SSSR count). The van der Waals surface area contributed by atoms with Gasteiger partial charge in [-0.3, -0.25) is 9.59 Å². The van der Waals surface area contributed by atoms with Crippen LogP contribution in [0.4, 0.5) is 0 Å². The number of hydrogen-bond acceptors (Lipinski definition) is 5. The van der Waals surface area contributed by atoms with Gasteiger partial charge >= 0.3 is 11.9 Å². The molecule has 0 fully saturated rings. The van der Waals surface area contributed by atoms with Crippen LogP contribution in [0.2, 0.25) is 0 Å². The van der Waals surface area contributed by atoms with E-state index < -0.39 is 6.10 Å². The Morgan fingerprint density at radius 2 is 0.860 bits per heavy atom. The van der Waals surface area contributed by atoms with Gasteiger partial charge in [-0.15, -0.1) is 0 Å². The minimum Gasteiger partial charge on any atom is -0.462 e. The van der Waals surface area contributed by atoms with Crippen molar-refractivity contribution in [3.05, 3.63) is 72.9 Å². The highest BCUT2D eigenvalue weighted by molar-refractivity contribution is 5.70. The van der Waals surface area contributed by atoms with Crippen LogP contribution in [0.1, 0.15) is 181 Å². The van der Waals surface area contributed by atoms with Gasteiger partial charge in [0.25, 0.3) is 0 Å².